The van der Waals surface area contributed by atoms with Gasteiger partial charge in [0, 0.05) is 58.0 Å². The predicted octanol–water partition coefficient (Wildman–Crippen LogP) is 2.08. The minimum absolute atomic E-state index is 0. The largest absolute Gasteiger partial charge is 0.396 e. The molecule has 1 aromatic carbocycles. The molecule has 1 aliphatic heterocycles. The van der Waals surface area contributed by atoms with Crippen LogP contribution in [0.4, 0.5) is 5.69 Å². The molecule has 7 heteroatoms. The lowest BCUT2D eigenvalue weighted by atomic mass is 9.84. The highest BCUT2D eigenvalue weighted by Gasteiger charge is 2.34. The molecular formula is C19H33IN4O2. The lowest BCUT2D eigenvalue weighted by Gasteiger charge is -2.27. The number of para-hydroxylation sites is 1. The molecule has 0 aromatic heterocycles. The lowest BCUT2D eigenvalue weighted by molar-refractivity contribution is 0.127. The molecule has 1 fully saturated rings. The highest BCUT2D eigenvalue weighted by atomic mass is 127. The molecule has 0 saturated carbocycles. The molecule has 0 spiro atoms. The summed E-state index contributed by atoms with van der Waals surface area (Å²) in [4.78, 5) is 6.55. The van der Waals surface area contributed by atoms with E-state index in [9.17, 15) is 5.11 Å². The normalized spacial score (nSPS) is 19.7. The summed E-state index contributed by atoms with van der Waals surface area (Å²) in [5.41, 5.74) is 1.26. The highest BCUT2D eigenvalue weighted by molar-refractivity contribution is 14.0. The van der Waals surface area contributed by atoms with Gasteiger partial charge in [0.1, 0.15) is 0 Å². The van der Waals surface area contributed by atoms with Gasteiger partial charge in [-0.2, -0.15) is 0 Å². The Balaban J connectivity index is 0.00000338. The van der Waals surface area contributed by atoms with Crippen molar-refractivity contribution in [3.8, 4) is 0 Å². The molecule has 0 bridgehead atoms. The van der Waals surface area contributed by atoms with E-state index in [2.05, 4.69) is 51.8 Å². The number of nitrogens with zero attached hydrogens (tertiary/aromatic N) is 2. The van der Waals surface area contributed by atoms with Gasteiger partial charge in [-0.3, -0.25) is 4.99 Å². The van der Waals surface area contributed by atoms with Crippen molar-refractivity contribution in [1.82, 2.24) is 10.6 Å². The fourth-order valence-electron chi connectivity index (χ4n) is 3.14. The number of ether oxygens (including phenoxy) is 1. The van der Waals surface area contributed by atoms with Crippen molar-refractivity contribution >= 4 is 35.6 Å². The second-order valence-electron chi connectivity index (χ2n) is 6.74. The average molecular weight is 476 g/mol. The van der Waals surface area contributed by atoms with Crippen LogP contribution in [0.1, 0.15) is 19.3 Å². The van der Waals surface area contributed by atoms with E-state index < -0.39 is 0 Å². The molecule has 148 valence electrons. The Hall–Kier alpha value is -1.06. The van der Waals surface area contributed by atoms with Gasteiger partial charge in [-0.05, 0) is 31.4 Å². The first-order chi connectivity index (χ1) is 12.2. The van der Waals surface area contributed by atoms with Crippen molar-refractivity contribution in [1.29, 1.82) is 0 Å². The maximum Gasteiger partial charge on any atom is 0.190 e. The number of rotatable bonds is 9. The Morgan fingerprint density at radius 2 is 2.08 bits per heavy atom. The van der Waals surface area contributed by atoms with E-state index in [1.54, 1.807) is 7.05 Å². The smallest absolute Gasteiger partial charge is 0.190 e. The Kier molecular flexibility index (Phi) is 10.9. The first kappa shape index (κ1) is 23.0. The summed E-state index contributed by atoms with van der Waals surface area (Å²) in [6.45, 7) is 4.30. The number of nitrogens with one attached hydrogen (secondary N) is 2. The SMILES string of the molecule is CN=C(NCCCN(C)c1ccccc1)NCC1(CCO)CCOC1.I. The van der Waals surface area contributed by atoms with Gasteiger partial charge in [-0.15, -0.1) is 24.0 Å². The van der Waals surface area contributed by atoms with Crippen molar-refractivity contribution < 1.29 is 9.84 Å². The van der Waals surface area contributed by atoms with Crippen LogP contribution in [-0.2, 0) is 4.74 Å². The highest BCUT2D eigenvalue weighted by Crippen LogP contribution is 2.31. The number of aliphatic imine (C=N–C) groups is 1. The molecule has 3 N–H and O–H groups in total. The van der Waals surface area contributed by atoms with E-state index in [4.69, 9.17) is 4.74 Å². The first-order valence-electron chi connectivity index (χ1n) is 9.08. The van der Waals surface area contributed by atoms with Gasteiger partial charge in [0.25, 0.3) is 0 Å². The fourth-order valence-corrected chi connectivity index (χ4v) is 3.14. The van der Waals surface area contributed by atoms with Crippen LogP contribution < -0.4 is 15.5 Å². The summed E-state index contributed by atoms with van der Waals surface area (Å²) in [5, 5.41) is 16.1. The van der Waals surface area contributed by atoms with Crippen molar-refractivity contribution in [3.63, 3.8) is 0 Å². The zero-order valence-corrected chi connectivity index (χ0v) is 18.2. The van der Waals surface area contributed by atoms with Crippen molar-refractivity contribution in [2.75, 3.05) is 58.5 Å². The van der Waals surface area contributed by atoms with Crippen molar-refractivity contribution in [2.45, 2.75) is 19.3 Å². The topological polar surface area (TPSA) is 69.1 Å². The van der Waals surface area contributed by atoms with E-state index in [1.165, 1.54) is 5.69 Å². The van der Waals surface area contributed by atoms with E-state index in [0.29, 0.717) is 6.61 Å². The van der Waals surface area contributed by atoms with Crippen LogP contribution in [0.5, 0.6) is 0 Å². The van der Waals surface area contributed by atoms with Gasteiger partial charge < -0.3 is 25.4 Å². The number of aliphatic hydroxyl groups is 1. The molecule has 1 atom stereocenters. The van der Waals surface area contributed by atoms with E-state index in [-0.39, 0.29) is 36.0 Å². The van der Waals surface area contributed by atoms with Crippen LogP contribution in [0.3, 0.4) is 0 Å². The van der Waals surface area contributed by atoms with Gasteiger partial charge in [0.2, 0.25) is 0 Å². The monoisotopic (exact) mass is 476 g/mol. The summed E-state index contributed by atoms with van der Waals surface area (Å²) in [6, 6.07) is 10.4. The number of halogens is 1. The van der Waals surface area contributed by atoms with Crippen molar-refractivity contribution in [3.05, 3.63) is 30.3 Å². The summed E-state index contributed by atoms with van der Waals surface area (Å²) in [6.07, 6.45) is 2.77. The molecule has 1 heterocycles. The standard InChI is InChI=1S/C19H32N4O2.HI/c1-20-18(22-15-19(9-13-24)10-14-25-16-19)21-11-6-12-23(2)17-7-4-3-5-8-17;/h3-5,7-8,24H,6,9-16H2,1-2H3,(H2,20,21,22);1H. The van der Waals surface area contributed by atoms with Crippen LogP contribution in [-0.4, -0.2) is 64.6 Å². The molecule has 0 radical (unpaired) electrons. The lowest BCUT2D eigenvalue weighted by Crippen LogP contribution is -2.45. The number of anilines is 1. The van der Waals surface area contributed by atoms with Gasteiger partial charge in [0.15, 0.2) is 5.96 Å². The second kappa shape index (κ2) is 12.3. The molecule has 26 heavy (non-hydrogen) atoms. The third-order valence-electron chi connectivity index (χ3n) is 4.84. The van der Waals surface area contributed by atoms with Crippen molar-refractivity contribution in [2.24, 2.45) is 10.4 Å². The number of hydrogen-bond donors (Lipinski definition) is 3. The molecule has 6 nitrogen and oxygen atoms in total. The Bertz CT molecular complexity index is 522. The minimum atomic E-state index is 0. The van der Waals surface area contributed by atoms with E-state index in [1.807, 2.05) is 6.07 Å². The summed E-state index contributed by atoms with van der Waals surface area (Å²) < 4.78 is 5.53. The third-order valence-corrected chi connectivity index (χ3v) is 4.84. The fraction of sp³-hybridized carbons (Fsp3) is 0.632. The van der Waals surface area contributed by atoms with Gasteiger partial charge in [-0.25, -0.2) is 0 Å². The zero-order valence-electron chi connectivity index (χ0n) is 15.9. The molecule has 1 aromatic rings. The first-order valence-corrected chi connectivity index (χ1v) is 9.08. The average Bonchev–Trinajstić information content (AvgIpc) is 3.11. The number of aliphatic hydroxyl groups excluding tert-OH is 1. The summed E-state index contributed by atoms with van der Waals surface area (Å²) in [7, 11) is 3.90. The molecule has 1 aliphatic rings. The zero-order chi connectivity index (χ0) is 18.0. The second-order valence-corrected chi connectivity index (χ2v) is 6.74. The van der Waals surface area contributed by atoms with E-state index >= 15 is 0 Å². The third kappa shape index (κ3) is 7.28. The predicted molar refractivity (Wildman–Crippen MR) is 119 cm³/mol. The van der Waals surface area contributed by atoms with E-state index in [0.717, 1.165) is 51.5 Å². The number of benzene rings is 1. The van der Waals surface area contributed by atoms with Gasteiger partial charge in [0.05, 0.1) is 6.61 Å². The Morgan fingerprint density at radius 1 is 1.31 bits per heavy atom. The Morgan fingerprint density at radius 3 is 2.69 bits per heavy atom. The van der Waals surface area contributed by atoms with Gasteiger partial charge >= 0.3 is 0 Å². The number of guanidine groups is 1. The van der Waals surface area contributed by atoms with Crippen LogP contribution >= 0.6 is 24.0 Å². The maximum atomic E-state index is 9.30. The summed E-state index contributed by atoms with van der Waals surface area (Å²) in [5.74, 6) is 0.812. The molecular weight excluding hydrogens is 443 g/mol. The number of hydrogen-bond acceptors (Lipinski definition) is 4. The van der Waals surface area contributed by atoms with Crippen LogP contribution in [0.15, 0.2) is 35.3 Å². The minimum Gasteiger partial charge on any atom is -0.396 e. The molecule has 2 rings (SSSR count). The molecule has 0 aliphatic carbocycles. The molecule has 0 amide bonds. The van der Waals surface area contributed by atoms with Gasteiger partial charge in [-0.1, -0.05) is 18.2 Å². The van der Waals surface area contributed by atoms with Crippen LogP contribution in [0.25, 0.3) is 0 Å². The van der Waals surface area contributed by atoms with Crippen LogP contribution in [0, 0.1) is 5.41 Å². The Labute approximate surface area is 174 Å². The quantitative estimate of drug-likeness (QED) is 0.221. The summed E-state index contributed by atoms with van der Waals surface area (Å²) >= 11 is 0. The maximum absolute atomic E-state index is 9.30. The van der Waals surface area contributed by atoms with Crippen LogP contribution in [0.2, 0.25) is 0 Å². The molecule has 1 unspecified atom stereocenters. The molecule has 1 saturated heterocycles.